The Morgan fingerprint density at radius 1 is 1.30 bits per heavy atom. The van der Waals surface area contributed by atoms with Gasteiger partial charge in [0.25, 0.3) is 0 Å². The standard InChI is InChI=1S/C11H20N2O3.2CH3.W.Y/c1-11(2,3)16-10(15)13-8-6-4-5-7-12-9(8)14;;;;/h8H,4-7H2,1-3H3,(H2,12,13,14,15);2*1H3;;/q;2*-1;+2;/p-1/t8-;;;;/m0..../s1. The molecule has 0 aliphatic carbocycles. The molecule has 0 unspecified atom stereocenters. The first-order chi connectivity index (χ1) is 7.38. The van der Waals surface area contributed by atoms with Crippen LogP contribution in [-0.2, 0) is 63.3 Å². The van der Waals surface area contributed by atoms with Crippen molar-refractivity contribution >= 4 is 12.0 Å². The zero-order valence-corrected chi connectivity index (χ0v) is 18.8. The maximum absolute atomic E-state index is 11.5. The summed E-state index contributed by atoms with van der Waals surface area (Å²) in [6, 6.07) is -0.516. The van der Waals surface area contributed by atoms with E-state index in [1.165, 1.54) is 0 Å². The maximum atomic E-state index is 11.5. The van der Waals surface area contributed by atoms with Crippen molar-refractivity contribution in [3.05, 3.63) is 20.2 Å². The molecule has 1 radical (unpaired) electrons. The summed E-state index contributed by atoms with van der Waals surface area (Å²) >= 11 is 0. The van der Waals surface area contributed by atoms with Crippen molar-refractivity contribution in [2.45, 2.75) is 51.7 Å². The first-order valence-corrected chi connectivity index (χ1v) is 5.59. The number of alkyl carbamates (subject to hydrolysis) is 1. The summed E-state index contributed by atoms with van der Waals surface area (Å²) in [5, 5.41) is 6.41. The normalized spacial score (nSPS) is 17.6. The van der Waals surface area contributed by atoms with Crippen LogP contribution < -0.4 is 5.32 Å². The van der Waals surface area contributed by atoms with Gasteiger partial charge in [-0.05, 0) is 27.2 Å². The van der Waals surface area contributed by atoms with E-state index in [1.807, 2.05) is 0 Å². The van der Waals surface area contributed by atoms with Crippen LogP contribution in [0.1, 0.15) is 40.0 Å². The Morgan fingerprint density at radius 2 is 1.85 bits per heavy atom. The number of nitrogens with zero attached hydrogens (tertiary/aromatic N) is 1. The third-order valence-corrected chi connectivity index (χ3v) is 2.16. The second-order valence-corrected chi connectivity index (χ2v) is 4.91. The minimum atomic E-state index is -0.553. The molecule has 7 heteroatoms. The molecule has 1 fully saturated rings. The van der Waals surface area contributed by atoms with E-state index < -0.39 is 17.7 Å². The van der Waals surface area contributed by atoms with E-state index >= 15 is 0 Å². The van der Waals surface area contributed by atoms with Gasteiger partial charge in [-0.1, -0.05) is 12.8 Å². The summed E-state index contributed by atoms with van der Waals surface area (Å²) < 4.78 is 5.09. The predicted octanol–water partition coefficient (Wildman–Crippen LogP) is 2.86. The molecule has 20 heavy (non-hydrogen) atoms. The van der Waals surface area contributed by atoms with Gasteiger partial charge in [0.05, 0.1) is 11.9 Å². The molecule has 5 nitrogen and oxygen atoms in total. The zero-order valence-electron chi connectivity index (χ0n) is 13.1. The summed E-state index contributed by atoms with van der Waals surface area (Å²) in [5.74, 6) is -0.247. The Balaban J connectivity index is -0.000000320. The van der Waals surface area contributed by atoms with Gasteiger partial charge in [-0.2, -0.15) is 0 Å². The van der Waals surface area contributed by atoms with E-state index in [0.717, 1.165) is 12.8 Å². The fraction of sp³-hybridized carbons (Fsp3) is 0.692. The van der Waals surface area contributed by atoms with Crippen molar-refractivity contribution in [2.75, 3.05) is 6.54 Å². The van der Waals surface area contributed by atoms with Gasteiger partial charge in [0.1, 0.15) is 5.60 Å². The van der Waals surface area contributed by atoms with Crippen molar-refractivity contribution in [3.63, 3.8) is 0 Å². The topological polar surface area (TPSA) is 69.5 Å². The summed E-state index contributed by atoms with van der Waals surface area (Å²) in [6.07, 6.45) is 1.89. The average Bonchev–Trinajstić information content (AvgIpc) is 2.29. The molecule has 1 atom stereocenters. The number of hydrogen-bond donors (Lipinski definition) is 1. The van der Waals surface area contributed by atoms with E-state index in [9.17, 15) is 9.59 Å². The third-order valence-electron chi connectivity index (χ3n) is 2.16. The van der Waals surface area contributed by atoms with Gasteiger partial charge in [-0.3, -0.25) is 0 Å². The molecular formula is C13H25N2O3WY-. The van der Waals surface area contributed by atoms with Crippen LogP contribution in [0.15, 0.2) is 0 Å². The van der Waals surface area contributed by atoms with Crippen LogP contribution >= 0.6 is 0 Å². The van der Waals surface area contributed by atoms with Gasteiger partial charge in [-0.25, -0.2) is 4.79 Å². The van der Waals surface area contributed by atoms with Gasteiger partial charge < -0.3 is 35.0 Å². The fourth-order valence-corrected chi connectivity index (χ4v) is 1.47. The predicted molar refractivity (Wildman–Crippen MR) is 73.1 cm³/mol. The monoisotopic (exact) mass is 530 g/mol. The molecule has 0 saturated carbocycles. The van der Waals surface area contributed by atoms with Gasteiger partial charge in [0.2, 0.25) is 0 Å². The molecule has 0 aromatic rings. The van der Waals surface area contributed by atoms with E-state index in [4.69, 9.17) is 4.74 Å². The van der Waals surface area contributed by atoms with Crippen molar-refractivity contribution in [1.82, 2.24) is 5.32 Å². The van der Waals surface area contributed by atoms with E-state index in [1.54, 1.807) is 20.8 Å². The Morgan fingerprint density at radius 3 is 2.35 bits per heavy atom. The van der Waals surface area contributed by atoms with E-state index in [0.29, 0.717) is 13.0 Å². The smallest absolute Gasteiger partial charge is 0.652 e. The van der Waals surface area contributed by atoms with Crippen molar-refractivity contribution < 1.29 is 68.1 Å². The van der Waals surface area contributed by atoms with Crippen molar-refractivity contribution in [2.24, 2.45) is 0 Å². The number of hydrogen-bond acceptors (Lipinski definition) is 3. The molecule has 0 spiro atoms. The zero-order chi connectivity index (χ0) is 12.2. The Hall–Kier alpha value is 0.532. The molecule has 0 aromatic heterocycles. The number of nitrogens with one attached hydrogen (secondary N) is 1. The number of ether oxygens (including phenoxy) is 1. The second-order valence-electron chi connectivity index (χ2n) is 4.91. The van der Waals surface area contributed by atoms with Crippen LogP contribution in [0.25, 0.3) is 5.32 Å². The van der Waals surface area contributed by atoms with Crippen LogP contribution in [0.2, 0.25) is 0 Å². The van der Waals surface area contributed by atoms with Crippen molar-refractivity contribution in [1.29, 1.82) is 0 Å². The molecule has 1 N–H and O–H groups in total. The Kier molecular flexibility index (Phi) is 18.9. The van der Waals surface area contributed by atoms with Crippen LogP contribution in [-0.4, -0.2) is 30.2 Å². The molecule has 1 aliphatic heterocycles. The number of amides is 2. The average molecular weight is 530 g/mol. The molecule has 115 valence electrons. The molecule has 1 rings (SSSR count). The van der Waals surface area contributed by atoms with Gasteiger partial charge in [-0.15, -0.1) is 6.54 Å². The number of carbonyl (C=O) groups is 2. The molecule has 1 heterocycles. The molecule has 1 saturated heterocycles. The SMILES string of the molecule is CC(C)(C)OC(=O)N[C@H]1CCCC[N-]C1=O.[CH3-].[CH3-].[W+2].[Y]. The quantitative estimate of drug-likeness (QED) is 0.531. The molecule has 2 amide bonds. The fourth-order valence-electron chi connectivity index (χ4n) is 1.47. The Bertz CT molecular complexity index is 283. The molecule has 0 bridgehead atoms. The van der Waals surface area contributed by atoms with Gasteiger partial charge >= 0.3 is 27.2 Å². The summed E-state index contributed by atoms with van der Waals surface area (Å²) in [7, 11) is 0. The van der Waals surface area contributed by atoms with Crippen LogP contribution in [0, 0.1) is 14.9 Å². The minimum absolute atomic E-state index is 0. The van der Waals surface area contributed by atoms with Crippen LogP contribution in [0.3, 0.4) is 0 Å². The molecule has 1 aliphatic rings. The third kappa shape index (κ3) is 12.3. The van der Waals surface area contributed by atoms with Crippen LogP contribution in [0.5, 0.6) is 0 Å². The van der Waals surface area contributed by atoms with Gasteiger partial charge in [0.15, 0.2) is 0 Å². The summed E-state index contributed by atoms with van der Waals surface area (Å²) in [5.41, 5.74) is -0.547. The largest absolute Gasteiger partial charge is 2.00 e. The molecule has 0 aromatic carbocycles. The number of carbonyl (C=O) groups excluding carboxylic acids is 2. The summed E-state index contributed by atoms with van der Waals surface area (Å²) in [6.45, 7) is 5.91. The summed E-state index contributed by atoms with van der Waals surface area (Å²) in [4.78, 5) is 22.9. The maximum Gasteiger partial charge on any atom is 2.00 e. The molecular weight excluding hydrogens is 505 g/mol. The minimum Gasteiger partial charge on any atom is -0.652 e. The second kappa shape index (κ2) is 13.2. The first-order valence-electron chi connectivity index (χ1n) is 5.59. The number of rotatable bonds is 1. The van der Waals surface area contributed by atoms with Crippen molar-refractivity contribution in [3.8, 4) is 0 Å². The van der Waals surface area contributed by atoms with E-state index in [2.05, 4.69) is 10.6 Å². The first kappa shape index (κ1) is 28.7. The van der Waals surface area contributed by atoms with E-state index in [-0.39, 0.29) is 74.5 Å². The van der Waals surface area contributed by atoms with Gasteiger partial charge in [0, 0.05) is 32.7 Å². The Labute approximate surface area is 162 Å². The van der Waals surface area contributed by atoms with Crippen LogP contribution in [0.4, 0.5) is 4.79 Å².